The number of fused-ring (bicyclic) bond motifs is 1. The number of hydrogen-bond donors (Lipinski definition) is 1. The molecule has 1 aliphatic heterocycles. The first kappa shape index (κ1) is 15.4. The van der Waals surface area contributed by atoms with Crippen molar-refractivity contribution in [1.29, 1.82) is 0 Å². The molecule has 114 valence electrons. The highest BCUT2D eigenvalue weighted by Crippen LogP contribution is 2.33. The Morgan fingerprint density at radius 3 is 2.76 bits per heavy atom. The number of carbonyl (C=O) groups excluding carboxylic acids is 2. The monoisotopic (exact) mass is 291 g/mol. The van der Waals surface area contributed by atoms with Crippen molar-refractivity contribution < 1.29 is 19.1 Å². The molecule has 1 heterocycles. The molecule has 1 aliphatic rings. The quantitative estimate of drug-likeness (QED) is 0.869. The maximum Gasteiger partial charge on any atom is 0.407 e. The van der Waals surface area contributed by atoms with Crippen molar-refractivity contribution in [2.45, 2.75) is 45.8 Å². The zero-order chi connectivity index (χ0) is 15.6. The summed E-state index contributed by atoms with van der Waals surface area (Å²) in [5, 5.41) is 2.67. The Bertz CT molecular complexity index is 560. The summed E-state index contributed by atoms with van der Waals surface area (Å²) in [7, 11) is 0. The van der Waals surface area contributed by atoms with Crippen molar-refractivity contribution in [2.75, 3.05) is 6.54 Å². The number of hydrogen-bond acceptors (Lipinski definition) is 4. The van der Waals surface area contributed by atoms with E-state index in [0.29, 0.717) is 18.5 Å². The molecule has 0 spiro atoms. The first-order valence-corrected chi connectivity index (χ1v) is 7.04. The van der Waals surface area contributed by atoms with Gasteiger partial charge in [-0.25, -0.2) is 9.59 Å². The second-order valence-electron chi connectivity index (χ2n) is 6.20. The van der Waals surface area contributed by atoms with Crippen LogP contribution < -0.4 is 5.32 Å². The standard InChI is InChI=1S/C16H21NO4/c1-10-5-6-11-12(9-10)14(18)20-13(11)7-8-17-15(19)21-16(2,3)4/h5-6,9,13H,7-8H2,1-4H3,(H,17,19). The summed E-state index contributed by atoms with van der Waals surface area (Å²) in [6, 6.07) is 5.70. The van der Waals surface area contributed by atoms with Crippen LogP contribution in [-0.4, -0.2) is 24.2 Å². The van der Waals surface area contributed by atoms with E-state index in [1.54, 1.807) is 0 Å². The molecule has 0 fully saturated rings. The number of esters is 1. The maximum absolute atomic E-state index is 11.8. The van der Waals surface area contributed by atoms with E-state index in [0.717, 1.165) is 11.1 Å². The van der Waals surface area contributed by atoms with E-state index in [4.69, 9.17) is 9.47 Å². The molecule has 0 saturated heterocycles. The number of nitrogens with one attached hydrogen (secondary N) is 1. The topological polar surface area (TPSA) is 64.6 Å². The number of carbonyl (C=O) groups is 2. The van der Waals surface area contributed by atoms with E-state index >= 15 is 0 Å². The second kappa shape index (κ2) is 5.76. The molecule has 1 unspecified atom stereocenters. The van der Waals surface area contributed by atoms with Gasteiger partial charge in [-0.2, -0.15) is 0 Å². The van der Waals surface area contributed by atoms with Crippen LogP contribution in [-0.2, 0) is 9.47 Å². The van der Waals surface area contributed by atoms with E-state index in [-0.39, 0.29) is 12.1 Å². The van der Waals surface area contributed by atoms with Crippen LogP contribution >= 0.6 is 0 Å². The number of ether oxygens (including phenoxy) is 2. The molecule has 0 aromatic heterocycles. The number of cyclic esters (lactones) is 1. The van der Waals surface area contributed by atoms with Gasteiger partial charge in [0.1, 0.15) is 11.7 Å². The summed E-state index contributed by atoms with van der Waals surface area (Å²) in [6.07, 6.45) is -0.236. The zero-order valence-corrected chi connectivity index (χ0v) is 12.9. The molecular formula is C16H21NO4. The number of rotatable bonds is 3. The Hall–Kier alpha value is -2.04. The van der Waals surface area contributed by atoms with Crippen molar-refractivity contribution in [3.05, 3.63) is 34.9 Å². The Morgan fingerprint density at radius 2 is 2.10 bits per heavy atom. The molecular weight excluding hydrogens is 270 g/mol. The lowest BCUT2D eigenvalue weighted by Gasteiger charge is -2.20. The van der Waals surface area contributed by atoms with Gasteiger partial charge in [-0.1, -0.05) is 17.7 Å². The molecule has 0 saturated carbocycles. The fraction of sp³-hybridized carbons (Fsp3) is 0.500. The highest BCUT2D eigenvalue weighted by atomic mass is 16.6. The van der Waals surface area contributed by atoms with Crippen molar-refractivity contribution >= 4 is 12.1 Å². The van der Waals surface area contributed by atoms with Crippen LogP contribution in [0.15, 0.2) is 18.2 Å². The van der Waals surface area contributed by atoms with Crippen LogP contribution in [0.5, 0.6) is 0 Å². The van der Waals surface area contributed by atoms with Gasteiger partial charge in [0, 0.05) is 18.5 Å². The summed E-state index contributed by atoms with van der Waals surface area (Å²) >= 11 is 0. The minimum absolute atomic E-state index is 0.295. The zero-order valence-electron chi connectivity index (χ0n) is 12.9. The molecule has 0 aliphatic carbocycles. The van der Waals surface area contributed by atoms with Gasteiger partial charge in [0.25, 0.3) is 0 Å². The molecule has 1 amide bonds. The highest BCUT2D eigenvalue weighted by Gasteiger charge is 2.30. The third-order valence-corrected chi connectivity index (χ3v) is 3.10. The molecule has 5 nitrogen and oxygen atoms in total. The van der Waals surface area contributed by atoms with Gasteiger partial charge < -0.3 is 14.8 Å². The average molecular weight is 291 g/mol. The lowest BCUT2D eigenvalue weighted by atomic mass is 10.0. The van der Waals surface area contributed by atoms with Gasteiger partial charge in [0.15, 0.2) is 0 Å². The third kappa shape index (κ3) is 3.97. The summed E-state index contributed by atoms with van der Waals surface area (Å²) in [5.74, 6) is -0.295. The van der Waals surface area contributed by atoms with Gasteiger partial charge in [-0.3, -0.25) is 0 Å². The Morgan fingerprint density at radius 1 is 1.38 bits per heavy atom. The normalized spacial score (nSPS) is 17.1. The SMILES string of the molecule is Cc1ccc2c(c1)C(=O)OC2CCNC(=O)OC(C)(C)C. The van der Waals surface area contributed by atoms with Crippen molar-refractivity contribution in [2.24, 2.45) is 0 Å². The van der Waals surface area contributed by atoms with E-state index in [1.807, 2.05) is 45.9 Å². The van der Waals surface area contributed by atoms with Crippen LogP contribution in [0.1, 0.15) is 54.8 Å². The third-order valence-electron chi connectivity index (χ3n) is 3.10. The van der Waals surface area contributed by atoms with Crippen LogP contribution in [0.4, 0.5) is 4.79 Å². The maximum atomic E-state index is 11.8. The summed E-state index contributed by atoms with van der Waals surface area (Å²) in [6.45, 7) is 7.75. The fourth-order valence-corrected chi connectivity index (χ4v) is 2.22. The van der Waals surface area contributed by atoms with E-state index < -0.39 is 11.7 Å². The van der Waals surface area contributed by atoms with E-state index in [2.05, 4.69) is 5.32 Å². The minimum Gasteiger partial charge on any atom is -0.454 e. The summed E-state index contributed by atoms with van der Waals surface area (Å²) in [5.41, 5.74) is 2.01. The highest BCUT2D eigenvalue weighted by molar-refractivity contribution is 5.94. The number of alkyl carbamates (subject to hydrolysis) is 1. The molecule has 1 aromatic rings. The molecule has 5 heteroatoms. The van der Waals surface area contributed by atoms with Crippen LogP contribution in [0, 0.1) is 6.92 Å². The van der Waals surface area contributed by atoms with Gasteiger partial charge >= 0.3 is 12.1 Å². The first-order valence-electron chi connectivity index (χ1n) is 7.04. The lowest BCUT2D eigenvalue weighted by molar-refractivity contribution is 0.0359. The predicted molar refractivity (Wildman–Crippen MR) is 78.2 cm³/mol. The predicted octanol–water partition coefficient (Wildman–Crippen LogP) is 3.12. The lowest BCUT2D eigenvalue weighted by Crippen LogP contribution is -2.33. The minimum atomic E-state index is -0.520. The van der Waals surface area contributed by atoms with Crippen LogP contribution in [0.25, 0.3) is 0 Å². The van der Waals surface area contributed by atoms with Crippen molar-refractivity contribution in [1.82, 2.24) is 5.32 Å². The van der Waals surface area contributed by atoms with Gasteiger partial charge in [-0.05, 0) is 33.8 Å². The van der Waals surface area contributed by atoms with Crippen molar-refractivity contribution in [3.8, 4) is 0 Å². The Labute approximate surface area is 124 Å². The van der Waals surface area contributed by atoms with E-state index in [9.17, 15) is 9.59 Å². The first-order chi connectivity index (χ1) is 9.76. The molecule has 1 aromatic carbocycles. The molecule has 2 rings (SSSR count). The van der Waals surface area contributed by atoms with Crippen LogP contribution in [0.2, 0.25) is 0 Å². The molecule has 0 radical (unpaired) electrons. The molecule has 1 N–H and O–H groups in total. The van der Waals surface area contributed by atoms with Gasteiger partial charge in [-0.15, -0.1) is 0 Å². The van der Waals surface area contributed by atoms with Crippen molar-refractivity contribution in [3.63, 3.8) is 0 Å². The second-order valence-corrected chi connectivity index (χ2v) is 6.20. The fourth-order valence-electron chi connectivity index (χ4n) is 2.22. The van der Waals surface area contributed by atoms with Gasteiger partial charge in [0.05, 0.1) is 5.56 Å². The smallest absolute Gasteiger partial charge is 0.407 e. The average Bonchev–Trinajstić information content (AvgIpc) is 2.64. The molecule has 21 heavy (non-hydrogen) atoms. The largest absolute Gasteiger partial charge is 0.454 e. The number of benzene rings is 1. The Kier molecular flexibility index (Phi) is 4.21. The molecule has 1 atom stereocenters. The number of amides is 1. The van der Waals surface area contributed by atoms with E-state index in [1.165, 1.54) is 0 Å². The summed E-state index contributed by atoms with van der Waals surface area (Å²) in [4.78, 5) is 23.3. The van der Waals surface area contributed by atoms with Crippen LogP contribution in [0.3, 0.4) is 0 Å². The Balaban J connectivity index is 1.89. The number of aryl methyl sites for hydroxylation is 1. The summed E-state index contributed by atoms with van der Waals surface area (Å²) < 4.78 is 10.5. The molecule has 0 bridgehead atoms. The van der Waals surface area contributed by atoms with Gasteiger partial charge in [0.2, 0.25) is 0 Å².